The van der Waals surface area contributed by atoms with E-state index in [2.05, 4.69) is 38.1 Å². The summed E-state index contributed by atoms with van der Waals surface area (Å²) in [7, 11) is 0. The number of anilines is 2. The van der Waals surface area contributed by atoms with Gasteiger partial charge in [-0.05, 0) is 66.1 Å². The number of nitrogen functional groups attached to an aromatic ring is 2. The first kappa shape index (κ1) is 23.2. The SMILES string of the molecule is CCCCC(C)(c1ccc(Oc2ccccc2N)cc1)c1ccc(Oc2ccccc2N)cc1. The summed E-state index contributed by atoms with van der Waals surface area (Å²) in [5.74, 6) is 2.87. The van der Waals surface area contributed by atoms with E-state index in [1.54, 1.807) is 0 Å². The summed E-state index contributed by atoms with van der Waals surface area (Å²) >= 11 is 0. The molecule has 0 unspecified atom stereocenters. The Kier molecular flexibility index (Phi) is 7.07. The van der Waals surface area contributed by atoms with Crippen molar-refractivity contribution in [3.63, 3.8) is 0 Å². The van der Waals surface area contributed by atoms with Crippen LogP contribution in [0.4, 0.5) is 11.4 Å². The van der Waals surface area contributed by atoms with Gasteiger partial charge in [0.2, 0.25) is 0 Å². The minimum absolute atomic E-state index is 0.134. The van der Waals surface area contributed by atoms with Crippen LogP contribution < -0.4 is 20.9 Å². The second-order valence-electron chi connectivity index (χ2n) is 8.76. The van der Waals surface area contributed by atoms with E-state index in [-0.39, 0.29) is 5.41 Å². The van der Waals surface area contributed by atoms with Crippen LogP contribution in [-0.2, 0) is 5.41 Å². The smallest absolute Gasteiger partial charge is 0.150 e. The Bertz CT molecular complexity index is 1130. The fourth-order valence-electron chi connectivity index (χ4n) is 4.17. The third-order valence-corrected chi connectivity index (χ3v) is 6.31. The molecule has 0 spiro atoms. The number of hydrogen-bond acceptors (Lipinski definition) is 4. The molecular formula is C30H32N2O2. The van der Waals surface area contributed by atoms with Crippen molar-refractivity contribution in [3.05, 3.63) is 108 Å². The fraction of sp³-hybridized carbons (Fsp3) is 0.200. The zero-order chi connectivity index (χ0) is 24.0. The minimum atomic E-state index is -0.134. The molecule has 0 radical (unpaired) electrons. The molecule has 0 bridgehead atoms. The van der Waals surface area contributed by atoms with Crippen LogP contribution >= 0.6 is 0 Å². The van der Waals surface area contributed by atoms with Gasteiger partial charge < -0.3 is 20.9 Å². The number of nitrogens with two attached hydrogens (primary N) is 2. The minimum Gasteiger partial charge on any atom is -0.455 e. The van der Waals surface area contributed by atoms with Crippen molar-refractivity contribution in [2.24, 2.45) is 0 Å². The number of hydrogen-bond donors (Lipinski definition) is 2. The molecule has 0 fully saturated rings. The van der Waals surface area contributed by atoms with Gasteiger partial charge in [0, 0.05) is 5.41 Å². The maximum Gasteiger partial charge on any atom is 0.150 e. The summed E-state index contributed by atoms with van der Waals surface area (Å²) < 4.78 is 12.0. The highest BCUT2D eigenvalue weighted by Crippen LogP contribution is 2.39. The van der Waals surface area contributed by atoms with Gasteiger partial charge in [0.25, 0.3) is 0 Å². The van der Waals surface area contributed by atoms with Gasteiger partial charge in [-0.25, -0.2) is 0 Å². The summed E-state index contributed by atoms with van der Waals surface area (Å²) in [5.41, 5.74) is 15.7. The summed E-state index contributed by atoms with van der Waals surface area (Å²) in [6, 6.07) is 31.7. The number of unbranched alkanes of at least 4 members (excludes halogenated alkanes) is 1. The van der Waals surface area contributed by atoms with Crippen LogP contribution in [0.1, 0.15) is 44.2 Å². The third kappa shape index (κ3) is 5.18. The summed E-state index contributed by atoms with van der Waals surface area (Å²) in [5, 5.41) is 0. The Hall–Kier alpha value is -3.92. The number of ether oxygens (including phenoxy) is 2. The standard InChI is InChI=1S/C30H32N2O2/c1-3-4-21-30(2,22-13-17-24(18-14-22)33-28-11-7-5-9-26(28)31)23-15-19-25(20-16-23)34-29-12-8-6-10-27(29)32/h5-20H,3-4,21,31-32H2,1-2H3. The molecule has 4 nitrogen and oxygen atoms in total. The van der Waals surface area contributed by atoms with E-state index < -0.39 is 0 Å². The van der Waals surface area contributed by atoms with Gasteiger partial charge in [0.05, 0.1) is 11.4 Å². The van der Waals surface area contributed by atoms with Crippen molar-refractivity contribution < 1.29 is 9.47 Å². The van der Waals surface area contributed by atoms with E-state index >= 15 is 0 Å². The van der Waals surface area contributed by atoms with Crippen molar-refractivity contribution in [2.75, 3.05) is 11.5 Å². The second kappa shape index (κ2) is 10.3. The van der Waals surface area contributed by atoms with Gasteiger partial charge in [-0.3, -0.25) is 0 Å². The molecule has 0 atom stereocenters. The van der Waals surface area contributed by atoms with Crippen molar-refractivity contribution in [1.82, 2.24) is 0 Å². The average molecular weight is 453 g/mol. The molecule has 0 saturated carbocycles. The van der Waals surface area contributed by atoms with Gasteiger partial charge in [-0.1, -0.05) is 75.2 Å². The molecule has 0 aliphatic carbocycles. The van der Waals surface area contributed by atoms with E-state index in [4.69, 9.17) is 20.9 Å². The molecule has 4 aromatic rings. The van der Waals surface area contributed by atoms with E-state index in [0.717, 1.165) is 30.8 Å². The quantitative estimate of drug-likeness (QED) is 0.253. The highest BCUT2D eigenvalue weighted by atomic mass is 16.5. The Morgan fingerprint density at radius 1 is 0.618 bits per heavy atom. The predicted molar refractivity (Wildman–Crippen MR) is 141 cm³/mol. The van der Waals surface area contributed by atoms with E-state index in [9.17, 15) is 0 Å². The first-order chi connectivity index (χ1) is 16.5. The largest absolute Gasteiger partial charge is 0.455 e. The summed E-state index contributed by atoms with van der Waals surface area (Å²) in [6.45, 7) is 4.53. The number of para-hydroxylation sites is 4. The van der Waals surface area contributed by atoms with E-state index in [1.807, 2.05) is 72.8 Å². The highest BCUT2D eigenvalue weighted by molar-refractivity contribution is 5.55. The second-order valence-corrected chi connectivity index (χ2v) is 8.76. The first-order valence-corrected chi connectivity index (χ1v) is 11.8. The lowest BCUT2D eigenvalue weighted by molar-refractivity contribution is 0.474. The van der Waals surface area contributed by atoms with Crippen molar-refractivity contribution in [1.29, 1.82) is 0 Å². The normalized spacial score (nSPS) is 11.2. The molecule has 4 heteroatoms. The molecule has 174 valence electrons. The average Bonchev–Trinajstić information content (AvgIpc) is 2.86. The Morgan fingerprint density at radius 2 is 1.03 bits per heavy atom. The van der Waals surface area contributed by atoms with Crippen molar-refractivity contribution in [3.8, 4) is 23.0 Å². The summed E-state index contributed by atoms with van der Waals surface area (Å²) in [4.78, 5) is 0. The molecule has 0 aliphatic heterocycles. The molecule has 4 N–H and O–H groups in total. The topological polar surface area (TPSA) is 70.5 Å². The lowest BCUT2D eigenvalue weighted by atomic mass is 9.73. The first-order valence-electron chi connectivity index (χ1n) is 11.8. The van der Waals surface area contributed by atoms with Crippen LogP contribution in [0.3, 0.4) is 0 Å². The fourth-order valence-corrected chi connectivity index (χ4v) is 4.17. The highest BCUT2D eigenvalue weighted by Gasteiger charge is 2.28. The molecule has 0 aliphatic rings. The van der Waals surface area contributed by atoms with Crippen LogP contribution in [0, 0.1) is 0 Å². The molecule has 0 amide bonds. The molecule has 0 aromatic heterocycles. The Labute approximate surface area is 202 Å². The van der Waals surface area contributed by atoms with Crippen LogP contribution in [0.5, 0.6) is 23.0 Å². The van der Waals surface area contributed by atoms with Crippen LogP contribution in [0.25, 0.3) is 0 Å². The van der Waals surface area contributed by atoms with Gasteiger partial charge in [-0.15, -0.1) is 0 Å². The molecular weight excluding hydrogens is 420 g/mol. The number of rotatable bonds is 9. The van der Waals surface area contributed by atoms with E-state index in [1.165, 1.54) is 11.1 Å². The monoisotopic (exact) mass is 452 g/mol. The zero-order valence-electron chi connectivity index (χ0n) is 19.8. The summed E-state index contributed by atoms with van der Waals surface area (Å²) in [6.07, 6.45) is 3.31. The third-order valence-electron chi connectivity index (χ3n) is 6.31. The van der Waals surface area contributed by atoms with Crippen molar-refractivity contribution in [2.45, 2.75) is 38.5 Å². The van der Waals surface area contributed by atoms with Crippen LogP contribution in [0.2, 0.25) is 0 Å². The zero-order valence-corrected chi connectivity index (χ0v) is 19.8. The van der Waals surface area contributed by atoms with Crippen molar-refractivity contribution >= 4 is 11.4 Å². The predicted octanol–water partition coefficient (Wildman–Crippen LogP) is 7.93. The lowest BCUT2D eigenvalue weighted by Crippen LogP contribution is -2.23. The molecule has 0 heterocycles. The van der Waals surface area contributed by atoms with Gasteiger partial charge in [0.1, 0.15) is 23.0 Å². The maximum atomic E-state index is 6.03. The van der Waals surface area contributed by atoms with Crippen LogP contribution in [0.15, 0.2) is 97.1 Å². The van der Waals surface area contributed by atoms with Crippen LogP contribution in [-0.4, -0.2) is 0 Å². The molecule has 4 rings (SSSR count). The van der Waals surface area contributed by atoms with Gasteiger partial charge >= 0.3 is 0 Å². The Morgan fingerprint density at radius 3 is 1.41 bits per heavy atom. The Balaban J connectivity index is 1.57. The maximum absolute atomic E-state index is 6.03. The van der Waals surface area contributed by atoms with Gasteiger partial charge in [-0.2, -0.15) is 0 Å². The molecule has 34 heavy (non-hydrogen) atoms. The number of benzene rings is 4. The van der Waals surface area contributed by atoms with E-state index in [0.29, 0.717) is 22.9 Å². The molecule has 4 aromatic carbocycles. The lowest BCUT2D eigenvalue weighted by Gasteiger charge is -2.31. The van der Waals surface area contributed by atoms with Gasteiger partial charge in [0.15, 0.2) is 0 Å². The molecule has 0 saturated heterocycles.